The predicted molar refractivity (Wildman–Crippen MR) is 281 cm³/mol. The van der Waals surface area contributed by atoms with Gasteiger partial charge in [0.2, 0.25) is 23.6 Å². The van der Waals surface area contributed by atoms with Gasteiger partial charge in [0.25, 0.3) is 11.8 Å². The highest BCUT2D eigenvalue weighted by Gasteiger charge is 2.42. The molecule has 0 saturated carbocycles. The number of carbonyl (C=O) groups is 6. The summed E-state index contributed by atoms with van der Waals surface area (Å²) in [4.78, 5) is 91.8. The molecule has 6 amide bonds. The van der Waals surface area contributed by atoms with Gasteiger partial charge < -0.3 is 40.9 Å². The third-order valence-corrected chi connectivity index (χ3v) is 14.1. The summed E-state index contributed by atoms with van der Waals surface area (Å²) >= 11 is 0. The molecule has 0 aromatic heterocycles. The molecule has 382 valence electrons. The number of hydrogen-bond donors (Lipinski definition) is 4. The van der Waals surface area contributed by atoms with E-state index in [2.05, 4.69) is 21.3 Å². The van der Waals surface area contributed by atoms with Crippen LogP contribution in [0, 0.1) is 10.8 Å². The molecule has 14 nitrogen and oxygen atoms in total. The Morgan fingerprint density at radius 1 is 0.606 bits per heavy atom. The van der Waals surface area contributed by atoms with E-state index in [4.69, 9.17) is 0 Å². The van der Waals surface area contributed by atoms with E-state index in [1.54, 1.807) is 21.0 Å². The van der Waals surface area contributed by atoms with Gasteiger partial charge in [-0.05, 0) is 117 Å². The minimum atomic E-state index is -0.755. The van der Waals surface area contributed by atoms with Gasteiger partial charge in [0, 0.05) is 62.5 Å². The Morgan fingerprint density at radius 3 is 1.45 bits per heavy atom. The first-order chi connectivity index (χ1) is 33.8. The molecule has 14 heteroatoms. The minimum absolute atomic E-state index is 0.0961. The molecule has 2 heterocycles. The molecule has 2 saturated heterocycles. The van der Waals surface area contributed by atoms with Crippen LogP contribution in [0.3, 0.4) is 0 Å². The Bertz CT molecular complexity index is 2470. The summed E-state index contributed by atoms with van der Waals surface area (Å²) in [7, 11) is 3.41. The van der Waals surface area contributed by atoms with Gasteiger partial charge in [-0.15, -0.1) is 0 Å². The zero-order valence-electron chi connectivity index (χ0n) is 43.6. The molecule has 5 atom stereocenters. The number of likely N-dealkylation sites (N-methyl/N-ethyl adjacent to an activating group) is 2. The van der Waals surface area contributed by atoms with Crippen molar-refractivity contribution in [1.82, 2.24) is 40.9 Å². The number of nitrogens with one attached hydrogen (secondary N) is 4. The molecular formula is C57H78N8O6. The molecule has 2 aliphatic rings. The van der Waals surface area contributed by atoms with Crippen molar-refractivity contribution in [3.8, 4) is 0 Å². The summed E-state index contributed by atoms with van der Waals surface area (Å²) in [6.07, 6.45) is 4.25. The molecule has 71 heavy (non-hydrogen) atoms. The number of nitrogens with zero attached hydrogens (tertiary/aromatic N) is 4. The maximum Gasteiger partial charge on any atom is 0.253 e. The van der Waals surface area contributed by atoms with Gasteiger partial charge in [0.1, 0.15) is 12.1 Å². The second kappa shape index (κ2) is 24.3. The number of amides is 6. The summed E-state index contributed by atoms with van der Waals surface area (Å²) in [6.45, 7) is 16.1. The Morgan fingerprint density at radius 2 is 1.04 bits per heavy atom. The highest BCUT2D eigenvalue weighted by molar-refractivity contribution is 6.02. The lowest BCUT2D eigenvalue weighted by Gasteiger charge is -2.37. The maximum atomic E-state index is 14.9. The second-order valence-corrected chi connectivity index (χ2v) is 21.6. The van der Waals surface area contributed by atoms with Crippen LogP contribution in [-0.2, 0) is 32.0 Å². The van der Waals surface area contributed by atoms with Crippen LogP contribution in [0.2, 0.25) is 0 Å². The van der Waals surface area contributed by atoms with Crippen LogP contribution in [0.1, 0.15) is 106 Å². The molecule has 6 rings (SSSR count). The summed E-state index contributed by atoms with van der Waals surface area (Å²) in [5, 5.41) is 13.4. The van der Waals surface area contributed by atoms with E-state index < -0.39 is 29.0 Å². The van der Waals surface area contributed by atoms with Crippen molar-refractivity contribution < 1.29 is 28.8 Å². The molecule has 4 N–H and O–H groups in total. The standard InChI is InChI=1S/C57H78N8O6/c1-39(59-9)51(67)61-50(57(5,6)7)55(71)65-31-17-23-47(65)38-63(33-29-41-20-14-11-15-21-41)53(69)44-27-25-42-24-26-43(34-45(42)35-44)52(68)62(32-28-40-18-12-10-13-19-40)37-46-22-16-30-64(46)54(70)49(56(2,3)4)60-48(66)36-58-8/h10-15,18-21,24-27,34-35,39,46-47,49-50,58-59H,16-17,22-23,28-33,36-38H2,1-9H3,(H,60,66)(H,61,67)/t39-,46-,47-,49+,50+/m0/s1. The molecule has 2 aliphatic heterocycles. The number of benzene rings is 4. The lowest BCUT2D eigenvalue weighted by atomic mass is 9.85. The normalized spacial score (nSPS) is 17.4. The van der Waals surface area contributed by atoms with Gasteiger partial charge in [0.15, 0.2) is 0 Å². The molecule has 4 aromatic carbocycles. The lowest BCUT2D eigenvalue weighted by Crippen LogP contribution is -2.59. The summed E-state index contributed by atoms with van der Waals surface area (Å²) < 4.78 is 0. The van der Waals surface area contributed by atoms with Crippen molar-refractivity contribution in [3.05, 3.63) is 119 Å². The van der Waals surface area contributed by atoms with E-state index in [0.717, 1.165) is 47.6 Å². The van der Waals surface area contributed by atoms with Crippen LogP contribution in [0.15, 0.2) is 97.1 Å². The number of carbonyl (C=O) groups excluding carboxylic acids is 6. The zero-order valence-corrected chi connectivity index (χ0v) is 43.6. The van der Waals surface area contributed by atoms with Crippen molar-refractivity contribution >= 4 is 46.2 Å². The Balaban J connectivity index is 1.27. The van der Waals surface area contributed by atoms with Gasteiger partial charge in [-0.1, -0.05) is 114 Å². The van der Waals surface area contributed by atoms with Crippen LogP contribution in [0.4, 0.5) is 0 Å². The van der Waals surface area contributed by atoms with E-state index in [1.807, 2.05) is 158 Å². The summed E-state index contributed by atoms with van der Waals surface area (Å²) in [6, 6.07) is 28.8. The molecule has 0 radical (unpaired) electrons. The molecule has 0 spiro atoms. The third-order valence-electron chi connectivity index (χ3n) is 14.1. The molecular weight excluding hydrogens is 893 g/mol. The fraction of sp³-hybridized carbons (Fsp3) is 0.509. The predicted octanol–water partition coefficient (Wildman–Crippen LogP) is 6.08. The first-order valence-electron chi connectivity index (χ1n) is 25.5. The first kappa shape index (κ1) is 54.2. The van der Waals surface area contributed by atoms with Gasteiger partial charge in [-0.2, -0.15) is 0 Å². The topological polar surface area (TPSA) is 163 Å². The van der Waals surface area contributed by atoms with Crippen LogP contribution in [0.5, 0.6) is 0 Å². The van der Waals surface area contributed by atoms with Gasteiger partial charge in [-0.25, -0.2) is 0 Å². The molecule has 0 bridgehead atoms. The largest absolute Gasteiger partial charge is 0.343 e. The fourth-order valence-electron chi connectivity index (χ4n) is 9.79. The van der Waals surface area contributed by atoms with Crippen molar-refractivity contribution in [2.24, 2.45) is 10.8 Å². The van der Waals surface area contributed by atoms with Gasteiger partial charge in [-0.3, -0.25) is 28.8 Å². The van der Waals surface area contributed by atoms with Crippen LogP contribution in [-0.4, -0.2) is 145 Å². The molecule has 4 aromatic rings. The zero-order chi connectivity index (χ0) is 51.5. The van der Waals surface area contributed by atoms with Crippen molar-refractivity contribution in [3.63, 3.8) is 0 Å². The van der Waals surface area contributed by atoms with E-state index in [9.17, 15) is 28.8 Å². The monoisotopic (exact) mass is 971 g/mol. The Hall–Kier alpha value is -6.12. The second-order valence-electron chi connectivity index (χ2n) is 21.6. The first-order valence-corrected chi connectivity index (χ1v) is 25.5. The number of fused-ring (bicyclic) bond motifs is 1. The average Bonchev–Trinajstić information content (AvgIpc) is 4.03. The lowest BCUT2D eigenvalue weighted by molar-refractivity contribution is -0.140. The molecule has 0 unspecified atom stereocenters. The summed E-state index contributed by atoms with van der Waals surface area (Å²) in [5.74, 6) is -1.14. The fourth-order valence-corrected chi connectivity index (χ4v) is 9.79. The number of likely N-dealkylation sites (tertiary alicyclic amines) is 2. The van der Waals surface area contributed by atoms with Gasteiger partial charge in [0.05, 0.1) is 12.6 Å². The number of hydrogen-bond acceptors (Lipinski definition) is 8. The number of rotatable bonds is 20. The van der Waals surface area contributed by atoms with Crippen molar-refractivity contribution in [1.29, 1.82) is 0 Å². The van der Waals surface area contributed by atoms with E-state index in [1.165, 1.54) is 0 Å². The maximum absolute atomic E-state index is 14.9. The SMILES string of the molecule is CNCC(=O)N[C@H](C(=O)N1CCC[C@H]1CN(CCc1ccccc1)C(=O)c1ccc2ccc(C(=O)N(CCc3ccccc3)C[C@@H]3CCCN3C(=O)[C@@H](NC(=O)[C@H](C)NC)C(C)(C)C)cc2c1)C(C)(C)C. The van der Waals surface area contributed by atoms with Crippen molar-refractivity contribution in [2.75, 3.05) is 59.9 Å². The summed E-state index contributed by atoms with van der Waals surface area (Å²) in [5.41, 5.74) is 2.03. The highest BCUT2D eigenvalue weighted by Crippen LogP contribution is 2.30. The van der Waals surface area contributed by atoms with Crippen LogP contribution in [0.25, 0.3) is 10.8 Å². The smallest absolute Gasteiger partial charge is 0.253 e. The molecule has 2 fully saturated rings. The van der Waals surface area contributed by atoms with Crippen LogP contribution < -0.4 is 21.3 Å². The highest BCUT2D eigenvalue weighted by atomic mass is 16.2. The van der Waals surface area contributed by atoms with Gasteiger partial charge >= 0.3 is 0 Å². The van der Waals surface area contributed by atoms with Crippen molar-refractivity contribution in [2.45, 2.75) is 117 Å². The quantitative estimate of drug-likeness (QED) is 0.0829. The minimum Gasteiger partial charge on any atom is -0.343 e. The third kappa shape index (κ3) is 14.3. The Labute approximate surface area is 421 Å². The van der Waals surface area contributed by atoms with E-state index in [-0.39, 0.29) is 54.1 Å². The van der Waals surface area contributed by atoms with Crippen LogP contribution >= 0.6 is 0 Å². The Kier molecular flexibility index (Phi) is 18.6. The van der Waals surface area contributed by atoms with E-state index in [0.29, 0.717) is 63.2 Å². The average molecular weight is 971 g/mol. The van der Waals surface area contributed by atoms with E-state index >= 15 is 0 Å². The molecule has 0 aliphatic carbocycles.